The predicted molar refractivity (Wildman–Crippen MR) is 121 cm³/mol. The highest BCUT2D eigenvalue weighted by molar-refractivity contribution is 5.72. The molecule has 2 rings (SSSR count). The zero-order valence-corrected chi connectivity index (χ0v) is 18.9. The summed E-state index contributed by atoms with van der Waals surface area (Å²) in [6.45, 7) is 4.43. The van der Waals surface area contributed by atoms with Crippen molar-refractivity contribution in [2.45, 2.75) is 116 Å². The van der Waals surface area contributed by atoms with Gasteiger partial charge in [0.15, 0.2) is 0 Å². The van der Waals surface area contributed by atoms with Crippen LogP contribution in [0.25, 0.3) is 0 Å². The molecule has 3 nitrogen and oxygen atoms in total. The topological polar surface area (TPSA) is 35.5 Å². The van der Waals surface area contributed by atoms with Crippen molar-refractivity contribution in [2.24, 2.45) is 11.8 Å². The highest BCUT2D eigenvalue weighted by Crippen LogP contribution is 2.31. The molecule has 1 atom stereocenters. The number of hydrogen-bond donors (Lipinski definition) is 0. The molecule has 30 heavy (non-hydrogen) atoms. The summed E-state index contributed by atoms with van der Waals surface area (Å²) in [5.74, 6) is 13.8. The second-order valence-electron chi connectivity index (χ2n) is 8.84. The van der Waals surface area contributed by atoms with Crippen molar-refractivity contribution in [2.75, 3.05) is 0 Å². The lowest BCUT2D eigenvalue weighted by Crippen LogP contribution is -2.32. The largest absolute Gasteiger partial charge is 0.462 e. The van der Waals surface area contributed by atoms with E-state index in [1.165, 1.54) is 25.7 Å². The Labute approximate surface area is 184 Å². The number of carbonyl (C=O) groups excluding carboxylic acids is 1. The average molecular weight is 411 g/mol. The Balaban J connectivity index is 1.61. The van der Waals surface area contributed by atoms with E-state index in [0.717, 1.165) is 57.8 Å². The number of terminal acetylenes is 1. The minimum atomic E-state index is -0.00418. The van der Waals surface area contributed by atoms with E-state index < -0.39 is 0 Å². The Morgan fingerprint density at radius 2 is 1.63 bits per heavy atom. The number of carbonyl (C=O) groups is 1. The third-order valence-electron chi connectivity index (χ3n) is 6.33. The van der Waals surface area contributed by atoms with Crippen LogP contribution < -0.4 is 0 Å². The van der Waals surface area contributed by atoms with Crippen molar-refractivity contribution in [3.8, 4) is 36.0 Å². The third-order valence-corrected chi connectivity index (χ3v) is 6.33. The van der Waals surface area contributed by atoms with Crippen LogP contribution in [0, 0.1) is 47.9 Å². The molecule has 164 valence electrons. The smallest absolute Gasteiger partial charge is 0.309 e. The van der Waals surface area contributed by atoms with Crippen LogP contribution in [-0.4, -0.2) is 24.3 Å². The van der Waals surface area contributed by atoms with Crippen molar-refractivity contribution in [1.29, 1.82) is 0 Å². The molecule has 2 saturated carbocycles. The molecule has 0 aromatic rings. The van der Waals surface area contributed by atoms with Crippen LogP contribution in [0.3, 0.4) is 0 Å². The molecule has 0 N–H and O–H groups in total. The molecular weight excluding hydrogens is 372 g/mol. The van der Waals surface area contributed by atoms with E-state index in [2.05, 4.69) is 43.4 Å². The maximum atomic E-state index is 12.6. The molecule has 2 fully saturated rings. The van der Waals surface area contributed by atoms with Gasteiger partial charge in [-0.15, -0.1) is 6.42 Å². The van der Waals surface area contributed by atoms with E-state index >= 15 is 0 Å². The zero-order chi connectivity index (χ0) is 21.6. The lowest BCUT2D eigenvalue weighted by atomic mass is 9.86. The molecule has 0 radical (unpaired) electrons. The summed E-state index contributed by atoms with van der Waals surface area (Å²) in [4.78, 5) is 12.6. The van der Waals surface area contributed by atoms with Crippen molar-refractivity contribution in [1.82, 2.24) is 0 Å². The standard InChI is InChI=1S/C27H38O3/c1-4-6-8-10-12-22(3)29-25-20-16-24(17-21-25)27(28)30-26-18-14-23(15-19-26)13-11-9-7-5-2/h2,22-26H,4,6,8,10,12,14-21H2,1,3H3. The lowest BCUT2D eigenvalue weighted by molar-refractivity contribution is -0.158. The van der Waals surface area contributed by atoms with E-state index in [0.29, 0.717) is 18.1 Å². The van der Waals surface area contributed by atoms with Crippen molar-refractivity contribution in [3.05, 3.63) is 0 Å². The molecule has 0 heterocycles. The molecule has 3 heteroatoms. The average Bonchev–Trinajstić information content (AvgIpc) is 2.76. The Morgan fingerprint density at radius 1 is 0.933 bits per heavy atom. The molecule has 0 bridgehead atoms. The molecule has 0 saturated heterocycles. The molecule has 0 amide bonds. The summed E-state index contributed by atoms with van der Waals surface area (Å²) in [6.07, 6.45) is 19.5. The number of hydrogen-bond acceptors (Lipinski definition) is 3. The van der Waals surface area contributed by atoms with Crippen molar-refractivity contribution < 1.29 is 14.3 Å². The van der Waals surface area contributed by atoms with Gasteiger partial charge in [0.05, 0.1) is 18.1 Å². The van der Waals surface area contributed by atoms with Gasteiger partial charge in [-0.25, -0.2) is 0 Å². The quantitative estimate of drug-likeness (QED) is 0.279. The molecule has 0 spiro atoms. The van der Waals surface area contributed by atoms with Gasteiger partial charge in [-0.3, -0.25) is 4.79 Å². The molecule has 0 aromatic heterocycles. The zero-order valence-electron chi connectivity index (χ0n) is 18.9. The Bertz CT molecular complexity index is 665. The SMILES string of the molecule is C#CC#CC#CC1CCC(OC(=O)C2CCC(OC(C)CCCCCC)CC2)CC1. The van der Waals surface area contributed by atoms with Crippen LogP contribution in [-0.2, 0) is 14.3 Å². The number of rotatable bonds is 9. The maximum Gasteiger partial charge on any atom is 0.309 e. The maximum absolute atomic E-state index is 12.6. The van der Waals surface area contributed by atoms with Crippen molar-refractivity contribution >= 4 is 5.97 Å². The first kappa shape index (κ1) is 24.4. The monoisotopic (exact) mass is 410 g/mol. The van der Waals surface area contributed by atoms with E-state index in [9.17, 15) is 4.79 Å². The first-order valence-electron chi connectivity index (χ1n) is 11.9. The molecule has 1 unspecified atom stereocenters. The highest BCUT2D eigenvalue weighted by atomic mass is 16.5. The Kier molecular flexibility index (Phi) is 11.5. The predicted octanol–water partition coefficient (Wildman–Crippen LogP) is 5.66. The summed E-state index contributed by atoms with van der Waals surface area (Å²) in [6, 6.07) is 0. The fourth-order valence-corrected chi connectivity index (χ4v) is 4.48. The van der Waals surface area contributed by atoms with Gasteiger partial charge in [-0.1, -0.05) is 38.5 Å². The molecular formula is C27H38O3. The highest BCUT2D eigenvalue weighted by Gasteiger charge is 2.31. The van der Waals surface area contributed by atoms with Crippen LogP contribution in [0.15, 0.2) is 0 Å². The van der Waals surface area contributed by atoms with Gasteiger partial charge in [-0.05, 0) is 88.4 Å². The van der Waals surface area contributed by atoms with Crippen LogP contribution in [0.2, 0.25) is 0 Å². The van der Waals surface area contributed by atoms with Crippen LogP contribution >= 0.6 is 0 Å². The first-order valence-corrected chi connectivity index (χ1v) is 11.9. The van der Waals surface area contributed by atoms with Gasteiger partial charge in [0.25, 0.3) is 0 Å². The van der Waals surface area contributed by atoms with Gasteiger partial charge in [-0.2, -0.15) is 0 Å². The van der Waals surface area contributed by atoms with Gasteiger partial charge < -0.3 is 9.47 Å². The van der Waals surface area contributed by atoms with Gasteiger partial charge >= 0.3 is 5.97 Å². The van der Waals surface area contributed by atoms with Gasteiger partial charge in [0.2, 0.25) is 0 Å². The summed E-state index contributed by atoms with van der Waals surface area (Å²) in [7, 11) is 0. The fraction of sp³-hybridized carbons (Fsp3) is 0.741. The number of esters is 1. The number of ether oxygens (including phenoxy) is 2. The second kappa shape index (κ2) is 14.2. The Hall–Kier alpha value is -1.89. The van der Waals surface area contributed by atoms with Crippen LogP contribution in [0.1, 0.15) is 97.3 Å². The summed E-state index contributed by atoms with van der Waals surface area (Å²) < 4.78 is 12.1. The minimum absolute atomic E-state index is 0.00418. The van der Waals surface area contributed by atoms with E-state index in [4.69, 9.17) is 15.9 Å². The molecule has 2 aliphatic carbocycles. The summed E-state index contributed by atoms with van der Waals surface area (Å²) in [5, 5.41) is 0. The van der Waals surface area contributed by atoms with Gasteiger partial charge in [0, 0.05) is 5.92 Å². The van der Waals surface area contributed by atoms with E-state index in [-0.39, 0.29) is 18.0 Å². The third kappa shape index (κ3) is 9.28. The fourth-order valence-electron chi connectivity index (χ4n) is 4.48. The molecule has 0 aromatic carbocycles. The van der Waals surface area contributed by atoms with Crippen molar-refractivity contribution in [3.63, 3.8) is 0 Å². The normalized spacial score (nSPS) is 26.8. The summed E-state index contributed by atoms with van der Waals surface area (Å²) >= 11 is 0. The van der Waals surface area contributed by atoms with Gasteiger partial charge in [0.1, 0.15) is 6.10 Å². The van der Waals surface area contributed by atoms with E-state index in [1.807, 2.05) is 0 Å². The lowest BCUT2D eigenvalue weighted by Gasteiger charge is -2.31. The number of unbranched alkanes of at least 4 members (excludes halogenated alkanes) is 3. The minimum Gasteiger partial charge on any atom is -0.462 e. The molecule has 0 aliphatic heterocycles. The van der Waals surface area contributed by atoms with E-state index in [1.54, 1.807) is 0 Å². The first-order chi connectivity index (χ1) is 14.6. The second-order valence-corrected chi connectivity index (χ2v) is 8.84. The van der Waals surface area contributed by atoms with Crippen LogP contribution in [0.4, 0.5) is 0 Å². The summed E-state index contributed by atoms with van der Waals surface area (Å²) in [5.41, 5.74) is 0. The molecule has 2 aliphatic rings. The Morgan fingerprint density at radius 3 is 2.30 bits per heavy atom. The van der Waals surface area contributed by atoms with Crippen LogP contribution in [0.5, 0.6) is 0 Å².